The van der Waals surface area contributed by atoms with E-state index in [4.69, 9.17) is 0 Å². The highest BCUT2D eigenvalue weighted by Gasteiger charge is 2.14. The van der Waals surface area contributed by atoms with E-state index in [0.29, 0.717) is 17.4 Å². The first-order chi connectivity index (χ1) is 11.2. The first-order valence-electron chi connectivity index (χ1n) is 7.88. The number of carbonyl (C=O) groups is 1. The van der Waals surface area contributed by atoms with Gasteiger partial charge in [-0.1, -0.05) is 31.4 Å². The van der Waals surface area contributed by atoms with E-state index in [9.17, 15) is 4.79 Å². The Kier molecular flexibility index (Phi) is 5.23. The number of amides is 1. The number of nitrogens with zero attached hydrogens (tertiary/aromatic N) is 2. The number of nitrogens with one attached hydrogen (secondary N) is 2. The molecule has 1 aliphatic carbocycles. The highest BCUT2D eigenvalue weighted by atomic mass is 79.9. The van der Waals surface area contributed by atoms with Gasteiger partial charge in [0.05, 0.1) is 5.56 Å². The smallest absolute Gasteiger partial charge is 0.258 e. The summed E-state index contributed by atoms with van der Waals surface area (Å²) in [7, 11) is 0. The average Bonchev–Trinajstić information content (AvgIpc) is 2.58. The fourth-order valence-electron chi connectivity index (χ4n) is 2.76. The van der Waals surface area contributed by atoms with Gasteiger partial charge in [-0.25, -0.2) is 0 Å². The van der Waals surface area contributed by atoms with E-state index in [-0.39, 0.29) is 5.91 Å². The van der Waals surface area contributed by atoms with Crippen molar-refractivity contribution in [3.8, 4) is 0 Å². The Morgan fingerprint density at radius 1 is 1.00 bits per heavy atom. The van der Waals surface area contributed by atoms with Crippen molar-refractivity contribution in [3.05, 3.63) is 46.4 Å². The summed E-state index contributed by atoms with van der Waals surface area (Å²) in [5.74, 6) is 0.996. The van der Waals surface area contributed by atoms with E-state index >= 15 is 0 Å². The number of anilines is 2. The van der Waals surface area contributed by atoms with E-state index in [1.807, 2.05) is 24.3 Å². The maximum atomic E-state index is 12.2. The normalized spacial score (nSPS) is 15.2. The molecule has 0 unspecified atom stereocenters. The van der Waals surface area contributed by atoms with E-state index < -0.39 is 0 Å². The van der Waals surface area contributed by atoms with Crippen LogP contribution in [0.25, 0.3) is 0 Å². The average molecular weight is 375 g/mol. The Morgan fingerprint density at radius 2 is 1.70 bits per heavy atom. The molecule has 23 heavy (non-hydrogen) atoms. The second kappa shape index (κ2) is 7.55. The molecule has 6 heteroatoms. The largest absolute Gasteiger partial charge is 0.366 e. The number of hydrogen-bond acceptors (Lipinski definition) is 4. The number of hydrogen-bond donors (Lipinski definition) is 2. The highest BCUT2D eigenvalue weighted by Crippen LogP contribution is 2.21. The number of carbonyl (C=O) groups excluding carboxylic acids is 1. The zero-order chi connectivity index (χ0) is 16.1. The van der Waals surface area contributed by atoms with Gasteiger partial charge in [0.15, 0.2) is 5.82 Å². The van der Waals surface area contributed by atoms with Crippen LogP contribution in [0, 0.1) is 0 Å². The number of halogens is 1. The van der Waals surface area contributed by atoms with Gasteiger partial charge in [-0.15, -0.1) is 10.2 Å². The van der Waals surface area contributed by atoms with Gasteiger partial charge in [-0.05, 0) is 53.0 Å². The van der Waals surface area contributed by atoms with Gasteiger partial charge < -0.3 is 10.6 Å². The Labute approximate surface area is 144 Å². The Balaban J connectivity index is 1.61. The molecule has 5 nitrogen and oxygen atoms in total. The van der Waals surface area contributed by atoms with Crippen LogP contribution in [0.1, 0.15) is 42.5 Å². The topological polar surface area (TPSA) is 66.9 Å². The molecule has 0 spiro atoms. The van der Waals surface area contributed by atoms with E-state index in [2.05, 4.69) is 36.8 Å². The Morgan fingerprint density at radius 3 is 2.39 bits per heavy atom. The lowest BCUT2D eigenvalue weighted by molar-refractivity contribution is 0.102. The third-order valence-corrected chi connectivity index (χ3v) is 4.67. The second-order valence-corrected chi connectivity index (χ2v) is 6.57. The third-order valence-electron chi connectivity index (χ3n) is 3.98. The predicted octanol–water partition coefficient (Wildman–Crippen LogP) is 4.24. The maximum Gasteiger partial charge on any atom is 0.258 e. The number of aromatic nitrogens is 2. The quantitative estimate of drug-likeness (QED) is 0.839. The zero-order valence-corrected chi connectivity index (χ0v) is 14.3. The SMILES string of the molecule is O=C(Nc1ccc(NC2CCCCC2)nn1)c1ccccc1Br. The standard InChI is InChI=1S/C17H19BrN4O/c18-14-9-5-4-8-13(14)17(23)20-16-11-10-15(21-22-16)19-12-6-2-1-3-7-12/h4-5,8-12H,1-3,6-7H2,(H,19,21)(H,20,22,23). The molecule has 1 aromatic heterocycles. The van der Waals surface area contributed by atoms with E-state index in [0.717, 1.165) is 10.3 Å². The number of rotatable bonds is 4. The molecule has 0 atom stereocenters. The lowest BCUT2D eigenvalue weighted by Gasteiger charge is -2.22. The van der Waals surface area contributed by atoms with Crippen molar-refractivity contribution < 1.29 is 4.79 Å². The van der Waals surface area contributed by atoms with E-state index in [1.165, 1.54) is 32.1 Å². The molecule has 1 aliphatic rings. The van der Waals surface area contributed by atoms with Crippen LogP contribution in [-0.4, -0.2) is 22.1 Å². The number of benzene rings is 1. The fourth-order valence-corrected chi connectivity index (χ4v) is 3.23. The zero-order valence-electron chi connectivity index (χ0n) is 12.8. The van der Waals surface area contributed by atoms with Gasteiger partial charge in [-0.2, -0.15) is 0 Å². The molecular weight excluding hydrogens is 356 g/mol. The Bertz CT molecular complexity index is 669. The van der Waals surface area contributed by atoms with Crippen LogP contribution >= 0.6 is 15.9 Å². The summed E-state index contributed by atoms with van der Waals surface area (Å²) in [4.78, 5) is 12.2. The summed E-state index contributed by atoms with van der Waals surface area (Å²) in [5.41, 5.74) is 0.568. The van der Waals surface area contributed by atoms with Crippen molar-refractivity contribution >= 4 is 33.5 Å². The highest BCUT2D eigenvalue weighted by molar-refractivity contribution is 9.10. The minimum absolute atomic E-state index is 0.209. The van der Waals surface area contributed by atoms with Gasteiger partial charge in [0.1, 0.15) is 5.82 Å². The molecule has 1 aromatic carbocycles. The molecule has 0 saturated heterocycles. The van der Waals surface area contributed by atoms with Crippen molar-refractivity contribution in [2.75, 3.05) is 10.6 Å². The molecular formula is C17H19BrN4O. The molecule has 0 bridgehead atoms. The lowest BCUT2D eigenvalue weighted by atomic mass is 9.95. The first-order valence-corrected chi connectivity index (χ1v) is 8.68. The van der Waals surface area contributed by atoms with Crippen LogP contribution in [0.2, 0.25) is 0 Å². The van der Waals surface area contributed by atoms with Crippen LogP contribution in [0.4, 0.5) is 11.6 Å². The minimum Gasteiger partial charge on any atom is -0.366 e. The molecule has 2 aromatic rings. The van der Waals surface area contributed by atoms with Crippen LogP contribution in [0.5, 0.6) is 0 Å². The maximum absolute atomic E-state index is 12.2. The second-order valence-electron chi connectivity index (χ2n) is 5.72. The van der Waals surface area contributed by atoms with Gasteiger partial charge >= 0.3 is 0 Å². The van der Waals surface area contributed by atoms with Crippen molar-refractivity contribution in [1.29, 1.82) is 0 Å². The van der Waals surface area contributed by atoms with Crippen molar-refractivity contribution in [2.24, 2.45) is 0 Å². The summed E-state index contributed by atoms with van der Waals surface area (Å²) in [6, 6.07) is 11.4. The van der Waals surface area contributed by atoms with E-state index in [1.54, 1.807) is 12.1 Å². The summed E-state index contributed by atoms with van der Waals surface area (Å²) in [5, 5.41) is 14.4. The molecule has 1 saturated carbocycles. The molecule has 0 aliphatic heterocycles. The third kappa shape index (κ3) is 4.28. The molecule has 0 radical (unpaired) electrons. The molecule has 3 rings (SSSR count). The summed E-state index contributed by atoms with van der Waals surface area (Å²) < 4.78 is 0.751. The fraction of sp³-hybridized carbons (Fsp3) is 0.353. The summed E-state index contributed by atoms with van der Waals surface area (Å²) in [6.45, 7) is 0. The Hall–Kier alpha value is -1.95. The first kappa shape index (κ1) is 15.9. The molecule has 1 heterocycles. The van der Waals surface area contributed by atoms with Crippen LogP contribution in [0.3, 0.4) is 0 Å². The van der Waals surface area contributed by atoms with Crippen molar-refractivity contribution in [3.63, 3.8) is 0 Å². The molecule has 1 fully saturated rings. The van der Waals surface area contributed by atoms with Crippen molar-refractivity contribution in [1.82, 2.24) is 10.2 Å². The molecule has 1 amide bonds. The van der Waals surface area contributed by atoms with Crippen LogP contribution in [-0.2, 0) is 0 Å². The summed E-state index contributed by atoms with van der Waals surface area (Å²) in [6.07, 6.45) is 6.23. The molecule has 120 valence electrons. The van der Waals surface area contributed by atoms with Gasteiger partial charge in [-0.3, -0.25) is 4.79 Å². The van der Waals surface area contributed by atoms with Crippen LogP contribution in [0.15, 0.2) is 40.9 Å². The van der Waals surface area contributed by atoms with Gasteiger partial charge in [0, 0.05) is 10.5 Å². The van der Waals surface area contributed by atoms with Crippen molar-refractivity contribution in [2.45, 2.75) is 38.1 Å². The van der Waals surface area contributed by atoms with Crippen LogP contribution < -0.4 is 10.6 Å². The lowest BCUT2D eigenvalue weighted by Crippen LogP contribution is -2.23. The predicted molar refractivity (Wildman–Crippen MR) is 94.6 cm³/mol. The van der Waals surface area contributed by atoms with Gasteiger partial charge in [0.2, 0.25) is 0 Å². The molecule has 2 N–H and O–H groups in total. The monoisotopic (exact) mass is 374 g/mol. The summed E-state index contributed by atoms with van der Waals surface area (Å²) >= 11 is 3.37. The minimum atomic E-state index is -0.209. The van der Waals surface area contributed by atoms with Gasteiger partial charge in [0.25, 0.3) is 5.91 Å².